The molecule has 7 heteroatoms. The minimum Gasteiger partial charge on any atom is -0.444 e. The molecule has 0 aliphatic carbocycles. The Hall–Kier alpha value is -3.35. The molecule has 2 unspecified atom stereocenters. The van der Waals surface area contributed by atoms with E-state index in [1.807, 2.05) is 75.4 Å². The zero-order valence-corrected chi connectivity index (χ0v) is 25.5. The van der Waals surface area contributed by atoms with E-state index in [0.29, 0.717) is 13.1 Å². The molecule has 0 aliphatic heterocycles. The first-order valence-electron chi connectivity index (χ1n) is 14.6. The molecule has 0 radical (unpaired) electrons. The first kappa shape index (κ1) is 32.9. The predicted molar refractivity (Wildman–Crippen MR) is 161 cm³/mol. The lowest BCUT2D eigenvalue weighted by molar-refractivity contribution is -0.143. The van der Waals surface area contributed by atoms with Crippen molar-refractivity contribution in [2.45, 2.75) is 105 Å². The fourth-order valence-electron chi connectivity index (χ4n) is 4.60. The first-order chi connectivity index (χ1) is 18.9. The largest absolute Gasteiger partial charge is 0.444 e. The Bertz CT molecular complexity index is 1080. The molecule has 0 bridgehead atoms. The van der Waals surface area contributed by atoms with Crippen LogP contribution in [0.15, 0.2) is 54.6 Å². The van der Waals surface area contributed by atoms with Gasteiger partial charge in [-0.05, 0) is 56.7 Å². The van der Waals surface area contributed by atoms with Crippen molar-refractivity contribution in [2.24, 2.45) is 5.92 Å². The van der Waals surface area contributed by atoms with Crippen LogP contribution in [0.2, 0.25) is 0 Å². The Morgan fingerprint density at radius 2 is 1.52 bits per heavy atom. The average molecular weight is 552 g/mol. The third-order valence-corrected chi connectivity index (χ3v) is 6.74. The second-order valence-electron chi connectivity index (χ2n) is 11.8. The lowest BCUT2D eigenvalue weighted by Gasteiger charge is -2.36. The number of rotatable bonds is 14. The lowest BCUT2D eigenvalue weighted by Crippen LogP contribution is -2.55. The standard InChI is InChI=1S/C33H49N3O4/c1-8-9-10-11-17-22-36(31(38)28(24(2)3)35-32(39)40-33(5,6)7)29(27-21-16-15-18-25(27)4)30(37)34-23-26-19-13-12-14-20-26/h12-16,18-21,24,28-29H,8-11,17,22-23H2,1-7H3,(H,34,37)(H,35,39). The quantitative estimate of drug-likeness (QED) is 0.256. The Morgan fingerprint density at radius 1 is 0.900 bits per heavy atom. The van der Waals surface area contributed by atoms with E-state index in [1.165, 1.54) is 0 Å². The van der Waals surface area contributed by atoms with Crippen molar-refractivity contribution in [1.29, 1.82) is 0 Å². The fourth-order valence-corrected chi connectivity index (χ4v) is 4.60. The molecule has 0 saturated carbocycles. The molecule has 0 aromatic heterocycles. The molecule has 2 aromatic carbocycles. The highest BCUT2D eigenvalue weighted by Crippen LogP contribution is 2.27. The van der Waals surface area contributed by atoms with Crippen LogP contribution < -0.4 is 10.6 Å². The Kier molecular flexibility index (Phi) is 13.2. The van der Waals surface area contributed by atoms with Crippen LogP contribution in [0.5, 0.6) is 0 Å². The van der Waals surface area contributed by atoms with E-state index in [-0.39, 0.29) is 17.7 Å². The summed E-state index contributed by atoms with van der Waals surface area (Å²) in [5.41, 5.74) is 1.97. The number of nitrogens with one attached hydrogen (secondary N) is 2. The number of carbonyl (C=O) groups excluding carboxylic acids is 3. The number of benzene rings is 2. The summed E-state index contributed by atoms with van der Waals surface area (Å²) in [7, 11) is 0. The fraction of sp³-hybridized carbons (Fsp3) is 0.545. The van der Waals surface area contributed by atoms with Crippen LogP contribution in [0.25, 0.3) is 0 Å². The van der Waals surface area contributed by atoms with E-state index in [2.05, 4.69) is 17.6 Å². The number of aryl methyl sites for hydroxylation is 1. The molecule has 0 heterocycles. The van der Waals surface area contributed by atoms with E-state index >= 15 is 0 Å². The van der Waals surface area contributed by atoms with Crippen molar-refractivity contribution in [3.05, 3.63) is 71.3 Å². The molecule has 2 rings (SSSR count). The highest BCUT2D eigenvalue weighted by atomic mass is 16.6. The number of amides is 3. The van der Waals surface area contributed by atoms with Crippen LogP contribution in [0.1, 0.15) is 96.4 Å². The minimum absolute atomic E-state index is 0.215. The van der Waals surface area contributed by atoms with E-state index in [9.17, 15) is 14.4 Å². The molecule has 0 aliphatic rings. The van der Waals surface area contributed by atoms with Gasteiger partial charge in [0.2, 0.25) is 11.8 Å². The summed E-state index contributed by atoms with van der Waals surface area (Å²) < 4.78 is 5.47. The number of ether oxygens (including phenoxy) is 1. The Balaban J connectivity index is 2.45. The summed E-state index contributed by atoms with van der Waals surface area (Å²) in [6, 6.07) is 15.7. The number of hydrogen-bond donors (Lipinski definition) is 2. The number of nitrogens with zero attached hydrogens (tertiary/aromatic N) is 1. The molecular formula is C33H49N3O4. The summed E-state index contributed by atoms with van der Waals surface area (Å²) in [4.78, 5) is 42.6. The number of alkyl carbamates (subject to hydrolysis) is 1. The van der Waals surface area contributed by atoms with Gasteiger partial charge in [0, 0.05) is 13.1 Å². The summed E-state index contributed by atoms with van der Waals surface area (Å²) in [6.45, 7) is 14.0. The van der Waals surface area contributed by atoms with Crippen LogP contribution >= 0.6 is 0 Å². The van der Waals surface area contributed by atoms with Gasteiger partial charge >= 0.3 is 6.09 Å². The van der Waals surface area contributed by atoms with Gasteiger partial charge < -0.3 is 20.3 Å². The Morgan fingerprint density at radius 3 is 2.12 bits per heavy atom. The average Bonchev–Trinajstić information content (AvgIpc) is 2.89. The molecule has 0 spiro atoms. The first-order valence-corrected chi connectivity index (χ1v) is 14.6. The highest BCUT2D eigenvalue weighted by molar-refractivity contribution is 5.92. The van der Waals surface area contributed by atoms with Gasteiger partial charge in [0.05, 0.1) is 0 Å². The number of unbranched alkanes of at least 4 members (excludes halogenated alkanes) is 4. The monoisotopic (exact) mass is 551 g/mol. The molecular weight excluding hydrogens is 502 g/mol. The zero-order valence-electron chi connectivity index (χ0n) is 25.5. The molecule has 220 valence electrons. The predicted octanol–water partition coefficient (Wildman–Crippen LogP) is 6.70. The summed E-state index contributed by atoms with van der Waals surface area (Å²) in [6.07, 6.45) is 4.38. The van der Waals surface area contributed by atoms with E-state index in [0.717, 1.165) is 48.8 Å². The molecule has 3 amide bonds. The van der Waals surface area contributed by atoms with Crippen LogP contribution in [0, 0.1) is 12.8 Å². The van der Waals surface area contributed by atoms with Gasteiger partial charge in [0.1, 0.15) is 17.7 Å². The smallest absolute Gasteiger partial charge is 0.408 e. The molecule has 2 aromatic rings. The molecule has 0 saturated heterocycles. The topological polar surface area (TPSA) is 87.7 Å². The molecule has 2 N–H and O–H groups in total. The Labute approximate surface area is 241 Å². The van der Waals surface area contributed by atoms with Crippen LogP contribution in [0.4, 0.5) is 4.79 Å². The second-order valence-corrected chi connectivity index (χ2v) is 11.8. The summed E-state index contributed by atoms with van der Waals surface area (Å²) in [5, 5.41) is 5.86. The maximum absolute atomic E-state index is 14.3. The molecule has 7 nitrogen and oxygen atoms in total. The number of hydrogen-bond acceptors (Lipinski definition) is 4. The normalized spacial score (nSPS) is 12.9. The molecule has 0 fully saturated rings. The van der Waals surface area contributed by atoms with E-state index in [1.54, 1.807) is 25.7 Å². The third-order valence-electron chi connectivity index (χ3n) is 6.74. The maximum atomic E-state index is 14.3. The van der Waals surface area contributed by atoms with Gasteiger partial charge in [0.25, 0.3) is 0 Å². The van der Waals surface area contributed by atoms with Crippen molar-refractivity contribution < 1.29 is 19.1 Å². The van der Waals surface area contributed by atoms with Crippen LogP contribution in [-0.4, -0.2) is 41.0 Å². The van der Waals surface area contributed by atoms with Gasteiger partial charge in [-0.15, -0.1) is 0 Å². The van der Waals surface area contributed by atoms with Crippen molar-refractivity contribution in [3.8, 4) is 0 Å². The van der Waals surface area contributed by atoms with E-state index < -0.39 is 23.8 Å². The van der Waals surface area contributed by atoms with Crippen molar-refractivity contribution in [2.75, 3.05) is 6.54 Å². The maximum Gasteiger partial charge on any atom is 0.408 e. The van der Waals surface area contributed by atoms with E-state index in [4.69, 9.17) is 4.74 Å². The number of carbonyl (C=O) groups is 3. The SMILES string of the molecule is CCCCCCCN(C(=O)C(NC(=O)OC(C)(C)C)C(C)C)C(C(=O)NCc1ccccc1)c1ccccc1C. The van der Waals surface area contributed by atoms with Crippen molar-refractivity contribution in [1.82, 2.24) is 15.5 Å². The van der Waals surface area contributed by atoms with Gasteiger partial charge in [-0.2, -0.15) is 0 Å². The second kappa shape index (κ2) is 16.0. The third kappa shape index (κ3) is 10.7. The van der Waals surface area contributed by atoms with Crippen molar-refractivity contribution in [3.63, 3.8) is 0 Å². The van der Waals surface area contributed by atoms with Crippen molar-refractivity contribution >= 4 is 17.9 Å². The summed E-state index contributed by atoms with van der Waals surface area (Å²) >= 11 is 0. The highest BCUT2D eigenvalue weighted by Gasteiger charge is 2.37. The zero-order chi connectivity index (χ0) is 29.7. The molecule has 2 atom stereocenters. The van der Waals surface area contributed by atoms with Gasteiger partial charge in [-0.25, -0.2) is 4.79 Å². The lowest BCUT2D eigenvalue weighted by atomic mass is 9.95. The van der Waals surface area contributed by atoms with Gasteiger partial charge in [-0.1, -0.05) is 101 Å². The van der Waals surface area contributed by atoms with Crippen LogP contribution in [0.3, 0.4) is 0 Å². The molecule has 40 heavy (non-hydrogen) atoms. The summed E-state index contributed by atoms with van der Waals surface area (Å²) in [5.74, 6) is -0.758. The minimum atomic E-state index is -0.848. The van der Waals surface area contributed by atoms with Crippen LogP contribution in [-0.2, 0) is 20.9 Å². The van der Waals surface area contributed by atoms with Gasteiger partial charge in [0.15, 0.2) is 0 Å². The van der Waals surface area contributed by atoms with Gasteiger partial charge in [-0.3, -0.25) is 9.59 Å².